The summed E-state index contributed by atoms with van der Waals surface area (Å²) in [6, 6.07) is 12.3. The summed E-state index contributed by atoms with van der Waals surface area (Å²) in [6.07, 6.45) is 1.04. The molecule has 0 atom stereocenters. The molecular formula is C19H19ClN2O3. The number of methoxy groups -OCH3 is 1. The number of hydrogen-bond donors (Lipinski definition) is 2. The van der Waals surface area contributed by atoms with Crippen molar-refractivity contribution < 1.29 is 14.3 Å². The van der Waals surface area contributed by atoms with Crippen molar-refractivity contribution in [2.75, 3.05) is 17.7 Å². The van der Waals surface area contributed by atoms with Gasteiger partial charge in [0.2, 0.25) is 11.8 Å². The Hall–Kier alpha value is -2.53. The standard InChI is InChI=1S/C19H19ClN2O3/c1-12-15(20)7-4-8-16(12)22-18(24)19(9-10-19)17(23)21-13-5-3-6-14(11-13)25-2/h3-8,11H,9-10H2,1-2H3,(H,21,23)(H,22,24). The van der Waals surface area contributed by atoms with Crippen LogP contribution in [0.1, 0.15) is 18.4 Å². The second-order valence-electron chi connectivity index (χ2n) is 6.13. The Labute approximate surface area is 151 Å². The van der Waals surface area contributed by atoms with Crippen LogP contribution in [-0.4, -0.2) is 18.9 Å². The molecule has 1 aliphatic carbocycles. The number of hydrogen-bond acceptors (Lipinski definition) is 3. The summed E-state index contributed by atoms with van der Waals surface area (Å²) in [5, 5.41) is 6.21. The SMILES string of the molecule is COc1cccc(NC(=O)C2(C(=O)Nc3cccc(Cl)c3C)CC2)c1. The number of ether oxygens (including phenoxy) is 1. The molecule has 2 amide bonds. The van der Waals surface area contributed by atoms with Gasteiger partial charge in [-0.15, -0.1) is 0 Å². The van der Waals surface area contributed by atoms with Crippen LogP contribution in [0.15, 0.2) is 42.5 Å². The van der Waals surface area contributed by atoms with Crippen molar-refractivity contribution in [3.63, 3.8) is 0 Å². The number of carbonyl (C=O) groups excluding carboxylic acids is 2. The summed E-state index contributed by atoms with van der Waals surface area (Å²) >= 11 is 6.08. The Morgan fingerprint density at radius 2 is 1.76 bits per heavy atom. The van der Waals surface area contributed by atoms with Crippen LogP contribution in [0.4, 0.5) is 11.4 Å². The number of carbonyl (C=O) groups is 2. The topological polar surface area (TPSA) is 67.4 Å². The summed E-state index contributed by atoms with van der Waals surface area (Å²) in [5.74, 6) is 0.0258. The van der Waals surface area contributed by atoms with Crippen LogP contribution in [-0.2, 0) is 9.59 Å². The van der Waals surface area contributed by atoms with Crippen LogP contribution in [0.2, 0.25) is 5.02 Å². The van der Waals surface area contributed by atoms with E-state index in [1.54, 1.807) is 49.6 Å². The van der Waals surface area contributed by atoms with Crippen molar-refractivity contribution in [2.45, 2.75) is 19.8 Å². The summed E-state index contributed by atoms with van der Waals surface area (Å²) < 4.78 is 5.15. The fraction of sp³-hybridized carbons (Fsp3) is 0.263. The molecule has 130 valence electrons. The fourth-order valence-electron chi connectivity index (χ4n) is 2.62. The van der Waals surface area contributed by atoms with Crippen molar-refractivity contribution in [1.82, 2.24) is 0 Å². The lowest BCUT2D eigenvalue weighted by molar-refractivity contribution is -0.131. The van der Waals surface area contributed by atoms with E-state index in [-0.39, 0.29) is 11.8 Å². The molecule has 1 aliphatic rings. The zero-order chi connectivity index (χ0) is 18.0. The van der Waals surface area contributed by atoms with Crippen molar-refractivity contribution in [3.05, 3.63) is 53.1 Å². The summed E-state index contributed by atoms with van der Waals surface area (Å²) in [5.41, 5.74) is 0.972. The van der Waals surface area contributed by atoms with Gasteiger partial charge in [0.1, 0.15) is 11.2 Å². The van der Waals surface area contributed by atoms with Crippen LogP contribution in [0.25, 0.3) is 0 Å². The maximum atomic E-state index is 12.7. The number of anilines is 2. The summed E-state index contributed by atoms with van der Waals surface area (Å²) in [4.78, 5) is 25.3. The highest BCUT2D eigenvalue weighted by atomic mass is 35.5. The van der Waals surface area contributed by atoms with Crippen LogP contribution in [0, 0.1) is 12.3 Å². The van der Waals surface area contributed by atoms with Gasteiger partial charge in [-0.2, -0.15) is 0 Å². The zero-order valence-electron chi connectivity index (χ0n) is 14.1. The molecule has 2 aromatic carbocycles. The highest BCUT2D eigenvalue weighted by Gasteiger charge is 2.56. The molecule has 1 fully saturated rings. The number of rotatable bonds is 5. The highest BCUT2D eigenvalue weighted by molar-refractivity contribution is 6.31. The van der Waals surface area contributed by atoms with Gasteiger partial charge in [-0.3, -0.25) is 9.59 Å². The molecule has 5 nitrogen and oxygen atoms in total. The minimum atomic E-state index is -1.03. The Morgan fingerprint density at radius 1 is 1.08 bits per heavy atom. The van der Waals surface area contributed by atoms with E-state index in [9.17, 15) is 9.59 Å². The van der Waals surface area contributed by atoms with Gasteiger partial charge in [-0.1, -0.05) is 23.7 Å². The molecule has 2 N–H and O–H groups in total. The predicted molar refractivity (Wildman–Crippen MR) is 98.1 cm³/mol. The van der Waals surface area contributed by atoms with Gasteiger partial charge in [0, 0.05) is 22.5 Å². The van der Waals surface area contributed by atoms with E-state index in [4.69, 9.17) is 16.3 Å². The lowest BCUT2D eigenvalue weighted by Gasteiger charge is -2.17. The van der Waals surface area contributed by atoms with Gasteiger partial charge >= 0.3 is 0 Å². The normalized spacial score (nSPS) is 14.5. The molecule has 0 heterocycles. The number of benzene rings is 2. The number of halogens is 1. The largest absolute Gasteiger partial charge is 0.497 e. The van der Waals surface area contributed by atoms with E-state index < -0.39 is 5.41 Å². The Kier molecular flexibility index (Phi) is 4.68. The molecule has 0 saturated heterocycles. The molecule has 6 heteroatoms. The first-order chi connectivity index (χ1) is 12.0. The first kappa shape index (κ1) is 17.3. The lowest BCUT2D eigenvalue weighted by atomic mass is 10.0. The van der Waals surface area contributed by atoms with Crippen molar-refractivity contribution in [1.29, 1.82) is 0 Å². The molecule has 0 spiro atoms. The molecule has 0 aliphatic heterocycles. The fourth-order valence-corrected chi connectivity index (χ4v) is 2.79. The maximum absolute atomic E-state index is 12.7. The molecule has 25 heavy (non-hydrogen) atoms. The molecule has 2 aromatic rings. The van der Waals surface area contributed by atoms with Crippen molar-refractivity contribution in [3.8, 4) is 5.75 Å². The van der Waals surface area contributed by atoms with E-state index in [1.807, 2.05) is 6.92 Å². The van der Waals surface area contributed by atoms with E-state index in [0.717, 1.165) is 5.56 Å². The maximum Gasteiger partial charge on any atom is 0.240 e. The van der Waals surface area contributed by atoms with Crippen LogP contribution in [0.5, 0.6) is 5.75 Å². The van der Waals surface area contributed by atoms with Crippen molar-refractivity contribution in [2.24, 2.45) is 5.41 Å². The molecule has 0 bridgehead atoms. The molecule has 3 rings (SSSR count). The van der Waals surface area contributed by atoms with Crippen molar-refractivity contribution >= 4 is 34.8 Å². The number of amides is 2. The first-order valence-electron chi connectivity index (χ1n) is 7.98. The Balaban J connectivity index is 1.73. The molecule has 1 saturated carbocycles. The third-order valence-corrected chi connectivity index (χ3v) is 4.87. The minimum Gasteiger partial charge on any atom is -0.497 e. The second kappa shape index (κ2) is 6.76. The van der Waals surface area contributed by atoms with Gasteiger partial charge in [0.15, 0.2) is 0 Å². The predicted octanol–water partition coefficient (Wildman–Crippen LogP) is 4.01. The Bertz CT molecular complexity index is 831. The monoisotopic (exact) mass is 358 g/mol. The smallest absolute Gasteiger partial charge is 0.240 e. The van der Waals surface area contributed by atoms with Gasteiger partial charge in [-0.05, 0) is 49.6 Å². The van der Waals surface area contributed by atoms with Gasteiger partial charge < -0.3 is 15.4 Å². The van der Waals surface area contributed by atoms with Crippen LogP contribution >= 0.6 is 11.6 Å². The van der Waals surface area contributed by atoms with Crippen LogP contribution < -0.4 is 15.4 Å². The van der Waals surface area contributed by atoms with E-state index in [2.05, 4.69) is 10.6 Å². The first-order valence-corrected chi connectivity index (χ1v) is 8.36. The van der Waals surface area contributed by atoms with Crippen LogP contribution in [0.3, 0.4) is 0 Å². The van der Waals surface area contributed by atoms with E-state index in [1.165, 1.54) is 0 Å². The third kappa shape index (κ3) is 3.46. The summed E-state index contributed by atoms with van der Waals surface area (Å²) in [6.45, 7) is 1.83. The summed E-state index contributed by atoms with van der Waals surface area (Å²) in [7, 11) is 1.56. The average Bonchev–Trinajstić information content (AvgIpc) is 3.41. The van der Waals surface area contributed by atoms with E-state index >= 15 is 0 Å². The highest BCUT2D eigenvalue weighted by Crippen LogP contribution is 2.47. The quantitative estimate of drug-likeness (QED) is 0.793. The van der Waals surface area contributed by atoms with Gasteiger partial charge in [-0.25, -0.2) is 0 Å². The second-order valence-corrected chi connectivity index (χ2v) is 6.54. The average molecular weight is 359 g/mol. The number of nitrogens with one attached hydrogen (secondary N) is 2. The van der Waals surface area contributed by atoms with Gasteiger partial charge in [0.05, 0.1) is 7.11 Å². The third-order valence-electron chi connectivity index (χ3n) is 4.46. The molecule has 0 aromatic heterocycles. The minimum absolute atomic E-state index is 0.307. The van der Waals surface area contributed by atoms with E-state index in [0.29, 0.717) is 35.0 Å². The molecular weight excluding hydrogens is 340 g/mol. The van der Waals surface area contributed by atoms with Gasteiger partial charge in [0.25, 0.3) is 0 Å². The molecule has 0 radical (unpaired) electrons. The Morgan fingerprint density at radius 3 is 2.44 bits per heavy atom. The lowest BCUT2D eigenvalue weighted by Crippen LogP contribution is -2.35. The molecule has 0 unspecified atom stereocenters. The zero-order valence-corrected chi connectivity index (χ0v) is 14.8.